The fourth-order valence-electron chi connectivity index (χ4n) is 4.20. The van der Waals surface area contributed by atoms with Gasteiger partial charge in [0, 0.05) is 28.9 Å². The van der Waals surface area contributed by atoms with Gasteiger partial charge in [-0.25, -0.2) is 4.57 Å². The van der Waals surface area contributed by atoms with Crippen molar-refractivity contribution in [3.05, 3.63) is 47.8 Å². The van der Waals surface area contributed by atoms with Crippen LogP contribution in [0, 0.1) is 0 Å². The predicted molar refractivity (Wildman–Crippen MR) is 129 cm³/mol. The largest absolute Gasteiger partial charge is 0.543 e. The van der Waals surface area contributed by atoms with E-state index in [1.807, 2.05) is 10.6 Å². The lowest BCUT2D eigenvalue weighted by atomic mass is 10.0. The number of carboxylic acids is 1. The fourth-order valence-corrected chi connectivity index (χ4v) is 5.97. The van der Waals surface area contributed by atoms with Gasteiger partial charge in [-0.15, -0.1) is 16.3 Å². The number of oxime groups is 1. The van der Waals surface area contributed by atoms with E-state index < -0.39 is 29.2 Å². The van der Waals surface area contributed by atoms with Crippen molar-refractivity contribution in [1.82, 2.24) is 29.2 Å². The van der Waals surface area contributed by atoms with Crippen LogP contribution in [0.2, 0.25) is 0 Å². The molecule has 0 radical (unpaired) electrons. The van der Waals surface area contributed by atoms with Crippen molar-refractivity contribution in [2.45, 2.75) is 24.1 Å². The Morgan fingerprint density at radius 2 is 2.24 bits per heavy atom. The van der Waals surface area contributed by atoms with E-state index in [1.165, 1.54) is 11.8 Å². The highest BCUT2D eigenvalue weighted by atomic mass is 32.2. The molecule has 2 fully saturated rings. The second-order valence-corrected chi connectivity index (χ2v) is 10.4. The molecule has 196 valence electrons. The molecule has 2 saturated heterocycles. The standard InChI is InChI=1S/C21H19N9O6S2/c22-21-25-16(27-38-21)13(26-36-11-7-35-8-11)17(31)24-14-18(32)30-15(20(33)34)10(9-37-19(14)30)6-28-4-5-29-12(28)2-1-3-23-29/h1-5,11,14,19H,6-9H2,(H3-,22,24,25,27,31,33,34)/b26-13-/t14-,19-/m1/s1. The van der Waals surface area contributed by atoms with Crippen molar-refractivity contribution in [3.8, 4) is 0 Å². The number of nitrogens with two attached hydrogens (primary N) is 1. The van der Waals surface area contributed by atoms with Crippen LogP contribution < -0.4 is 20.7 Å². The summed E-state index contributed by atoms with van der Waals surface area (Å²) in [5.74, 6) is -2.54. The number of nitrogen functional groups attached to an aromatic ring is 1. The Labute approximate surface area is 222 Å². The lowest BCUT2D eigenvalue weighted by Crippen LogP contribution is -2.71. The molecule has 0 aromatic carbocycles. The van der Waals surface area contributed by atoms with Crippen LogP contribution in [0.15, 0.2) is 47.1 Å². The number of ether oxygens (including phenoxy) is 1. The highest BCUT2D eigenvalue weighted by Crippen LogP contribution is 2.40. The molecule has 2 amide bonds. The Hall–Kier alpha value is -4.09. The number of carboxylic acid groups (broad SMARTS) is 1. The van der Waals surface area contributed by atoms with Crippen LogP contribution in [-0.4, -0.2) is 83.9 Å². The van der Waals surface area contributed by atoms with Crippen LogP contribution in [0.5, 0.6) is 0 Å². The third-order valence-corrected chi connectivity index (χ3v) is 7.98. The van der Waals surface area contributed by atoms with Gasteiger partial charge in [0.25, 0.3) is 11.8 Å². The number of hydrogen-bond acceptors (Lipinski definition) is 13. The van der Waals surface area contributed by atoms with Crippen molar-refractivity contribution >= 4 is 57.6 Å². The summed E-state index contributed by atoms with van der Waals surface area (Å²) in [6, 6.07) is 2.62. The number of nitrogens with one attached hydrogen (secondary N) is 1. The Bertz CT molecular complexity index is 1510. The number of carbonyl (C=O) groups excluding carboxylic acids is 3. The molecule has 38 heavy (non-hydrogen) atoms. The van der Waals surface area contributed by atoms with E-state index >= 15 is 0 Å². The summed E-state index contributed by atoms with van der Waals surface area (Å²) >= 11 is 2.21. The number of aromatic nitrogens is 5. The number of nitrogens with zero attached hydrogens (tertiary/aromatic N) is 7. The van der Waals surface area contributed by atoms with E-state index in [4.69, 9.17) is 15.3 Å². The normalized spacial score (nSPS) is 21.6. The molecule has 2 atom stereocenters. The number of rotatable bonds is 8. The number of β-lactam (4-membered cyclic amide) rings is 1. The first-order chi connectivity index (χ1) is 18.4. The molecule has 3 aromatic rings. The van der Waals surface area contributed by atoms with Crippen molar-refractivity contribution in [3.63, 3.8) is 0 Å². The first kappa shape index (κ1) is 24.3. The fraction of sp³-hybridized carbons (Fsp3) is 0.333. The van der Waals surface area contributed by atoms with E-state index in [9.17, 15) is 19.5 Å². The van der Waals surface area contributed by atoms with Crippen LogP contribution in [0.4, 0.5) is 5.13 Å². The topological polar surface area (TPSA) is 193 Å². The molecule has 0 aliphatic carbocycles. The molecule has 3 N–H and O–H groups in total. The molecular weight excluding hydrogens is 538 g/mol. The van der Waals surface area contributed by atoms with Crippen molar-refractivity contribution < 1.29 is 33.6 Å². The van der Waals surface area contributed by atoms with Crippen molar-refractivity contribution in [2.75, 3.05) is 24.7 Å². The summed E-state index contributed by atoms with van der Waals surface area (Å²) in [4.78, 5) is 48.8. The Kier molecular flexibility index (Phi) is 6.16. The van der Waals surface area contributed by atoms with Crippen LogP contribution in [-0.2, 0) is 30.5 Å². The summed E-state index contributed by atoms with van der Waals surface area (Å²) in [6.07, 6.45) is 4.85. The first-order valence-electron chi connectivity index (χ1n) is 11.3. The van der Waals surface area contributed by atoms with Crippen LogP contribution in [0.1, 0.15) is 5.82 Å². The monoisotopic (exact) mass is 557 g/mol. The van der Waals surface area contributed by atoms with Gasteiger partial charge in [0.2, 0.25) is 11.5 Å². The molecular formula is C21H19N9O6S2. The van der Waals surface area contributed by atoms with E-state index in [1.54, 1.807) is 29.2 Å². The van der Waals surface area contributed by atoms with Gasteiger partial charge in [0.05, 0.1) is 31.1 Å². The molecule has 0 unspecified atom stereocenters. The van der Waals surface area contributed by atoms with Gasteiger partial charge >= 0.3 is 5.65 Å². The first-order valence-corrected chi connectivity index (χ1v) is 13.1. The van der Waals surface area contributed by atoms with E-state index in [0.29, 0.717) is 24.5 Å². The summed E-state index contributed by atoms with van der Waals surface area (Å²) in [7, 11) is 0. The van der Waals surface area contributed by atoms with Crippen molar-refractivity contribution in [1.29, 1.82) is 0 Å². The molecule has 3 aliphatic heterocycles. The maximum atomic E-state index is 13.1. The van der Waals surface area contributed by atoms with E-state index in [-0.39, 0.29) is 35.0 Å². The van der Waals surface area contributed by atoms with Crippen LogP contribution in [0.3, 0.4) is 0 Å². The molecule has 15 nitrogen and oxygen atoms in total. The number of fused-ring (bicyclic) bond motifs is 2. The minimum atomic E-state index is -1.47. The van der Waals surface area contributed by atoms with Gasteiger partial charge in [-0.3, -0.25) is 14.5 Å². The maximum Gasteiger partial charge on any atom is 0.307 e. The van der Waals surface area contributed by atoms with Gasteiger partial charge in [0.15, 0.2) is 17.4 Å². The van der Waals surface area contributed by atoms with Crippen LogP contribution >= 0.6 is 23.3 Å². The molecule has 0 bridgehead atoms. The molecule has 6 rings (SSSR count). The number of amides is 2. The van der Waals surface area contributed by atoms with Gasteiger partial charge in [-0.05, 0) is 6.07 Å². The zero-order chi connectivity index (χ0) is 26.4. The van der Waals surface area contributed by atoms with Gasteiger partial charge in [-0.1, -0.05) is 10.3 Å². The number of anilines is 1. The number of carbonyl (C=O) groups is 3. The number of thioether (sulfide) groups is 1. The smallest absolute Gasteiger partial charge is 0.307 e. The molecule has 6 heterocycles. The Morgan fingerprint density at radius 3 is 2.95 bits per heavy atom. The minimum Gasteiger partial charge on any atom is -0.543 e. The third kappa shape index (κ3) is 4.23. The maximum absolute atomic E-state index is 13.1. The summed E-state index contributed by atoms with van der Waals surface area (Å²) < 4.78 is 12.5. The highest BCUT2D eigenvalue weighted by Gasteiger charge is 2.53. The van der Waals surface area contributed by atoms with E-state index in [0.717, 1.165) is 22.1 Å². The molecule has 0 saturated carbocycles. The number of aliphatic carboxylic acids is 1. The third-order valence-electron chi connectivity index (χ3n) is 6.10. The quantitative estimate of drug-likeness (QED) is 0.126. The zero-order valence-electron chi connectivity index (χ0n) is 19.4. The summed E-state index contributed by atoms with van der Waals surface area (Å²) in [5.41, 5.74) is 6.46. The number of imidazole rings is 1. The average Bonchev–Trinajstić information content (AvgIpc) is 3.49. The summed E-state index contributed by atoms with van der Waals surface area (Å²) in [5, 5.41) is 22.3. The second kappa shape index (κ2) is 9.66. The predicted octanol–water partition coefficient (Wildman–Crippen LogP) is -2.72. The van der Waals surface area contributed by atoms with Gasteiger partial charge < -0.3 is 30.5 Å². The molecule has 3 aliphatic rings. The Morgan fingerprint density at radius 1 is 1.39 bits per heavy atom. The average molecular weight is 558 g/mol. The molecule has 3 aromatic heterocycles. The zero-order valence-corrected chi connectivity index (χ0v) is 21.1. The van der Waals surface area contributed by atoms with Gasteiger partial charge in [0.1, 0.15) is 24.2 Å². The summed E-state index contributed by atoms with van der Waals surface area (Å²) in [6.45, 7) is 0.880. The SMILES string of the molecule is Nc1nc(/C(=N/OC2COC2)C(=O)N[C@@H]2C(=O)N3C(C(=O)[O-])=C(C[n+]4ccn5ncccc54)CS[C@H]23)ns1. The van der Waals surface area contributed by atoms with Gasteiger partial charge in [-0.2, -0.15) is 9.36 Å². The lowest BCUT2D eigenvalue weighted by Gasteiger charge is -2.50. The molecule has 17 heteroatoms. The molecule has 0 spiro atoms. The second-order valence-electron chi connectivity index (χ2n) is 8.51. The minimum absolute atomic E-state index is 0.0471. The number of hydrogen-bond donors (Lipinski definition) is 2. The Balaban J connectivity index is 1.21. The van der Waals surface area contributed by atoms with Crippen molar-refractivity contribution in [2.24, 2.45) is 5.16 Å². The lowest BCUT2D eigenvalue weighted by molar-refractivity contribution is -0.662. The highest BCUT2D eigenvalue weighted by molar-refractivity contribution is 8.00. The van der Waals surface area contributed by atoms with Crippen LogP contribution in [0.25, 0.3) is 5.65 Å². The van der Waals surface area contributed by atoms with E-state index in [2.05, 4.69) is 24.9 Å².